The van der Waals surface area contributed by atoms with Gasteiger partial charge in [0, 0.05) is 32.4 Å². The predicted octanol–water partition coefficient (Wildman–Crippen LogP) is 1.80. The zero-order chi connectivity index (χ0) is 22.7. The molecule has 0 aliphatic heterocycles. The molecule has 0 heterocycles. The van der Waals surface area contributed by atoms with Crippen LogP contribution in [0.2, 0.25) is 0 Å². The number of hydrogen-bond donors (Lipinski definition) is 0. The van der Waals surface area contributed by atoms with E-state index in [1.807, 2.05) is 0 Å². The van der Waals surface area contributed by atoms with Crippen molar-refractivity contribution in [3.63, 3.8) is 0 Å². The molecule has 0 aliphatic carbocycles. The molecule has 0 aliphatic rings. The highest BCUT2D eigenvalue weighted by molar-refractivity contribution is 7.91. The van der Waals surface area contributed by atoms with E-state index in [9.17, 15) is 25.3 Å². The topological polar surface area (TPSA) is 115 Å². The first kappa shape index (κ1) is 24.2. The van der Waals surface area contributed by atoms with Crippen LogP contribution in [-0.4, -0.2) is 64.2 Å². The molecule has 0 unspecified atom stereocenters. The number of rotatable bonds is 9. The second-order valence-electron chi connectivity index (χ2n) is 7.04. The van der Waals surface area contributed by atoms with E-state index < -0.39 is 29.5 Å². The molecule has 30 heavy (non-hydrogen) atoms. The molecule has 2 aromatic carbocycles. The minimum absolute atomic E-state index is 0.0507. The quantitative estimate of drug-likeness (QED) is 0.504. The Kier molecular flexibility index (Phi) is 7.20. The summed E-state index contributed by atoms with van der Waals surface area (Å²) in [5, 5.41) is 0. The standard InChI is InChI=1S/C19H25NO7S3/c1-20(12-5-13-27-15-6-8-16(9-7-15)28(2,21)22)18-11-10-17(29(3,23)24)14-19(18)30(4,25)26/h6-11,14H,5,12-13H2,1-4H3. The summed E-state index contributed by atoms with van der Waals surface area (Å²) in [6.07, 6.45) is 3.75. The van der Waals surface area contributed by atoms with E-state index >= 15 is 0 Å². The lowest BCUT2D eigenvalue weighted by Gasteiger charge is -2.22. The van der Waals surface area contributed by atoms with Crippen molar-refractivity contribution in [3.05, 3.63) is 42.5 Å². The molecule has 0 spiro atoms. The van der Waals surface area contributed by atoms with Gasteiger partial charge in [0.2, 0.25) is 0 Å². The fraction of sp³-hybridized carbons (Fsp3) is 0.368. The van der Waals surface area contributed by atoms with Gasteiger partial charge in [0.1, 0.15) is 5.75 Å². The van der Waals surface area contributed by atoms with Gasteiger partial charge in [0.05, 0.1) is 27.0 Å². The van der Waals surface area contributed by atoms with Gasteiger partial charge in [-0.2, -0.15) is 0 Å². The van der Waals surface area contributed by atoms with Crippen LogP contribution in [0.5, 0.6) is 5.75 Å². The molecule has 0 atom stereocenters. The average Bonchev–Trinajstić information content (AvgIpc) is 2.63. The van der Waals surface area contributed by atoms with E-state index in [-0.39, 0.29) is 14.7 Å². The van der Waals surface area contributed by atoms with Crippen molar-refractivity contribution in [3.8, 4) is 5.75 Å². The summed E-state index contributed by atoms with van der Waals surface area (Å²) in [7, 11) is -8.72. The van der Waals surface area contributed by atoms with Crippen LogP contribution < -0.4 is 9.64 Å². The van der Waals surface area contributed by atoms with Crippen LogP contribution in [0.4, 0.5) is 5.69 Å². The van der Waals surface area contributed by atoms with Crippen molar-refractivity contribution in [2.75, 3.05) is 43.9 Å². The zero-order valence-corrected chi connectivity index (χ0v) is 19.6. The van der Waals surface area contributed by atoms with Gasteiger partial charge in [-0.3, -0.25) is 0 Å². The molecule has 2 aromatic rings. The Bertz CT molecular complexity index is 1220. The Balaban J connectivity index is 2.05. The summed E-state index contributed by atoms with van der Waals surface area (Å²) >= 11 is 0. The highest BCUT2D eigenvalue weighted by atomic mass is 32.2. The molecule has 0 fully saturated rings. The van der Waals surface area contributed by atoms with Gasteiger partial charge in [0.25, 0.3) is 0 Å². The molecule has 0 saturated carbocycles. The molecule has 0 bridgehead atoms. The number of ether oxygens (including phenoxy) is 1. The van der Waals surface area contributed by atoms with Crippen LogP contribution >= 0.6 is 0 Å². The third kappa shape index (κ3) is 6.44. The number of sulfone groups is 3. The van der Waals surface area contributed by atoms with Gasteiger partial charge >= 0.3 is 0 Å². The SMILES string of the molecule is CN(CCCOc1ccc(S(C)(=O)=O)cc1)c1ccc(S(C)(=O)=O)cc1S(C)(=O)=O. The summed E-state index contributed by atoms with van der Waals surface area (Å²) in [6.45, 7) is 0.792. The van der Waals surface area contributed by atoms with Gasteiger partial charge in [-0.15, -0.1) is 0 Å². The molecule has 0 aromatic heterocycles. The van der Waals surface area contributed by atoms with Crippen molar-refractivity contribution in [2.24, 2.45) is 0 Å². The molecular formula is C19H25NO7S3. The fourth-order valence-corrected chi connectivity index (χ4v) is 5.03. The van der Waals surface area contributed by atoms with Crippen LogP contribution in [0, 0.1) is 0 Å². The summed E-state index contributed by atoms with van der Waals surface area (Å²) < 4.78 is 76.4. The first-order chi connectivity index (χ1) is 13.7. The zero-order valence-electron chi connectivity index (χ0n) is 17.2. The maximum Gasteiger partial charge on any atom is 0.177 e. The lowest BCUT2D eigenvalue weighted by Crippen LogP contribution is -2.22. The molecule has 0 amide bonds. The fourth-order valence-electron chi connectivity index (χ4n) is 2.73. The molecular weight excluding hydrogens is 450 g/mol. The third-order valence-electron chi connectivity index (χ3n) is 4.33. The van der Waals surface area contributed by atoms with Gasteiger partial charge in [0.15, 0.2) is 29.5 Å². The Labute approximate surface area is 178 Å². The normalized spacial score (nSPS) is 12.5. The summed E-state index contributed by atoms with van der Waals surface area (Å²) in [5.41, 5.74) is 0.405. The molecule has 0 N–H and O–H groups in total. The summed E-state index contributed by atoms with van der Waals surface area (Å²) in [5.74, 6) is 0.527. The number of benzene rings is 2. The van der Waals surface area contributed by atoms with Gasteiger partial charge in [-0.25, -0.2) is 25.3 Å². The first-order valence-corrected chi connectivity index (χ1v) is 14.6. The third-order valence-corrected chi connectivity index (χ3v) is 7.69. The second kappa shape index (κ2) is 8.94. The number of hydrogen-bond acceptors (Lipinski definition) is 8. The Morgan fingerprint density at radius 3 is 1.80 bits per heavy atom. The molecule has 2 rings (SSSR count). The monoisotopic (exact) mass is 475 g/mol. The van der Waals surface area contributed by atoms with Crippen molar-refractivity contribution in [2.45, 2.75) is 21.1 Å². The van der Waals surface area contributed by atoms with Crippen LogP contribution in [0.3, 0.4) is 0 Å². The van der Waals surface area contributed by atoms with Crippen molar-refractivity contribution >= 4 is 35.2 Å². The highest BCUT2D eigenvalue weighted by Crippen LogP contribution is 2.28. The average molecular weight is 476 g/mol. The maximum absolute atomic E-state index is 12.2. The molecule has 8 nitrogen and oxygen atoms in total. The van der Waals surface area contributed by atoms with Crippen LogP contribution in [0.15, 0.2) is 57.2 Å². The smallest absolute Gasteiger partial charge is 0.177 e. The molecule has 166 valence electrons. The maximum atomic E-state index is 12.2. The van der Waals surface area contributed by atoms with Gasteiger partial charge in [-0.1, -0.05) is 0 Å². The number of nitrogens with zero attached hydrogens (tertiary/aromatic N) is 1. The molecule has 11 heteroatoms. The Morgan fingerprint density at radius 1 is 0.767 bits per heavy atom. The van der Waals surface area contributed by atoms with E-state index in [0.717, 1.165) is 18.8 Å². The Morgan fingerprint density at radius 2 is 1.30 bits per heavy atom. The van der Waals surface area contributed by atoms with Crippen LogP contribution in [0.25, 0.3) is 0 Å². The van der Waals surface area contributed by atoms with Gasteiger partial charge in [-0.05, 0) is 48.9 Å². The molecule has 0 saturated heterocycles. The predicted molar refractivity (Wildman–Crippen MR) is 116 cm³/mol. The largest absolute Gasteiger partial charge is 0.494 e. The van der Waals surface area contributed by atoms with Crippen molar-refractivity contribution in [1.82, 2.24) is 0 Å². The van der Waals surface area contributed by atoms with Gasteiger partial charge < -0.3 is 9.64 Å². The second-order valence-corrected chi connectivity index (χ2v) is 13.1. The highest BCUT2D eigenvalue weighted by Gasteiger charge is 2.20. The van der Waals surface area contributed by atoms with E-state index in [4.69, 9.17) is 4.74 Å². The Hall–Kier alpha value is -2.11. The van der Waals surface area contributed by atoms with Crippen molar-refractivity contribution < 1.29 is 30.0 Å². The van der Waals surface area contributed by atoms with E-state index in [1.54, 1.807) is 24.1 Å². The minimum Gasteiger partial charge on any atom is -0.494 e. The summed E-state index contributed by atoms with van der Waals surface area (Å²) in [4.78, 5) is 1.82. The summed E-state index contributed by atoms with van der Waals surface area (Å²) in [6, 6.07) is 10.1. The van der Waals surface area contributed by atoms with E-state index in [2.05, 4.69) is 0 Å². The lowest BCUT2D eigenvalue weighted by molar-refractivity contribution is 0.312. The minimum atomic E-state index is -3.64. The van der Waals surface area contributed by atoms with Crippen LogP contribution in [-0.2, 0) is 29.5 Å². The van der Waals surface area contributed by atoms with E-state index in [0.29, 0.717) is 31.0 Å². The van der Waals surface area contributed by atoms with E-state index in [1.165, 1.54) is 30.3 Å². The first-order valence-electron chi connectivity index (χ1n) is 8.88. The van der Waals surface area contributed by atoms with Crippen LogP contribution in [0.1, 0.15) is 6.42 Å². The lowest BCUT2D eigenvalue weighted by atomic mass is 10.3. The number of anilines is 1. The van der Waals surface area contributed by atoms with Crippen molar-refractivity contribution in [1.29, 1.82) is 0 Å². The molecule has 0 radical (unpaired) electrons.